The Balaban J connectivity index is 1.87. The van der Waals surface area contributed by atoms with Crippen LogP contribution in [-0.4, -0.2) is 15.4 Å². The SMILES string of the molecule is Cc1cc(C)c(-c2nc3ccccn3c2NC2CCCCC2)c(C)c1. The van der Waals surface area contributed by atoms with Crippen molar-refractivity contribution in [2.75, 3.05) is 5.32 Å². The molecule has 2 aromatic heterocycles. The summed E-state index contributed by atoms with van der Waals surface area (Å²) in [5.74, 6) is 1.15. The van der Waals surface area contributed by atoms with Gasteiger partial charge < -0.3 is 5.32 Å². The molecular formula is C22H27N3. The average Bonchev–Trinajstić information content (AvgIpc) is 2.93. The van der Waals surface area contributed by atoms with Crippen LogP contribution in [0.4, 0.5) is 5.82 Å². The number of pyridine rings is 1. The van der Waals surface area contributed by atoms with E-state index < -0.39 is 0 Å². The first kappa shape index (κ1) is 16.2. The van der Waals surface area contributed by atoms with E-state index in [1.807, 2.05) is 0 Å². The second-order valence-electron chi connectivity index (χ2n) is 7.49. The maximum Gasteiger partial charge on any atom is 0.139 e. The topological polar surface area (TPSA) is 29.3 Å². The zero-order chi connectivity index (χ0) is 17.4. The molecule has 130 valence electrons. The molecule has 3 nitrogen and oxygen atoms in total. The molecular weight excluding hydrogens is 306 g/mol. The average molecular weight is 333 g/mol. The molecule has 3 heteroatoms. The van der Waals surface area contributed by atoms with Crippen LogP contribution in [0.5, 0.6) is 0 Å². The van der Waals surface area contributed by atoms with Crippen molar-refractivity contribution >= 4 is 11.5 Å². The Morgan fingerprint density at radius 3 is 2.44 bits per heavy atom. The molecule has 0 saturated heterocycles. The summed E-state index contributed by atoms with van der Waals surface area (Å²) in [7, 11) is 0. The van der Waals surface area contributed by atoms with Gasteiger partial charge in [0.25, 0.3) is 0 Å². The number of anilines is 1. The molecule has 0 radical (unpaired) electrons. The molecule has 1 aromatic carbocycles. The van der Waals surface area contributed by atoms with Gasteiger partial charge in [-0.15, -0.1) is 0 Å². The highest BCUT2D eigenvalue weighted by Gasteiger charge is 2.21. The number of rotatable bonds is 3. The van der Waals surface area contributed by atoms with Gasteiger partial charge in [-0.25, -0.2) is 4.98 Å². The second-order valence-corrected chi connectivity index (χ2v) is 7.49. The molecule has 3 aromatic rings. The third-order valence-corrected chi connectivity index (χ3v) is 5.39. The highest BCUT2D eigenvalue weighted by Crippen LogP contribution is 2.35. The molecule has 0 spiro atoms. The van der Waals surface area contributed by atoms with Gasteiger partial charge in [0.15, 0.2) is 0 Å². The molecule has 0 atom stereocenters. The molecule has 0 bridgehead atoms. The summed E-state index contributed by atoms with van der Waals surface area (Å²) in [6.07, 6.45) is 8.65. The van der Waals surface area contributed by atoms with Gasteiger partial charge in [-0.1, -0.05) is 43.0 Å². The van der Waals surface area contributed by atoms with Crippen LogP contribution < -0.4 is 5.32 Å². The summed E-state index contributed by atoms with van der Waals surface area (Å²) >= 11 is 0. The maximum absolute atomic E-state index is 5.00. The highest BCUT2D eigenvalue weighted by atomic mass is 15.1. The molecule has 0 aliphatic heterocycles. The summed E-state index contributed by atoms with van der Waals surface area (Å²) in [5.41, 5.74) is 7.28. The minimum atomic E-state index is 0.554. The van der Waals surface area contributed by atoms with Crippen LogP contribution in [0.2, 0.25) is 0 Å². The fraction of sp³-hybridized carbons (Fsp3) is 0.409. The summed E-state index contributed by atoms with van der Waals surface area (Å²) in [6.45, 7) is 6.56. The molecule has 2 heterocycles. The molecule has 4 rings (SSSR count). The molecule has 1 fully saturated rings. The molecule has 1 saturated carbocycles. The van der Waals surface area contributed by atoms with E-state index in [1.54, 1.807) is 0 Å². The smallest absolute Gasteiger partial charge is 0.139 e. The Hall–Kier alpha value is -2.29. The first-order valence-corrected chi connectivity index (χ1v) is 9.45. The number of imidazole rings is 1. The summed E-state index contributed by atoms with van der Waals surface area (Å²) < 4.78 is 2.21. The number of aromatic nitrogens is 2. The molecule has 1 aliphatic carbocycles. The lowest BCUT2D eigenvalue weighted by Gasteiger charge is -2.24. The number of benzene rings is 1. The van der Waals surface area contributed by atoms with Crippen LogP contribution in [-0.2, 0) is 0 Å². The Kier molecular flexibility index (Phi) is 4.24. The maximum atomic E-state index is 5.00. The molecule has 0 amide bonds. The number of aryl methyl sites for hydroxylation is 3. The summed E-state index contributed by atoms with van der Waals surface area (Å²) in [6, 6.07) is 11.3. The van der Waals surface area contributed by atoms with Gasteiger partial charge in [0, 0.05) is 17.8 Å². The predicted molar refractivity (Wildman–Crippen MR) is 105 cm³/mol. The van der Waals surface area contributed by atoms with Gasteiger partial charge in [0.2, 0.25) is 0 Å². The van der Waals surface area contributed by atoms with Crippen LogP contribution in [0.1, 0.15) is 48.8 Å². The van der Waals surface area contributed by atoms with E-state index in [4.69, 9.17) is 4.98 Å². The van der Waals surface area contributed by atoms with Crippen LogP contribution in [0.15, 0.2) is 36.5 Å². The normalized spacial score (nSPS) is 15.6. The first-order valence-electron chi connectivity index (χ1n) is 9.45. The van der Waals surface area contributed by atoms with Crippen molar-refractivity contribution in [3.63, 3.8) is 0 Å². The van der Waals surface area contributed by atoms with Crippen molar-refractivity contribution < 1.29 is 0 Å². The molecule has 1 N–H and O–H groups in total. The minimum Gasteiger partial charge on any atom is -0.367 e. The lowest BCUT2D eigenvalue weighted by Crippen LogP contribution is -2.23. The van der Waals surface area contributed by atoms with Crippen LogP contribution in [0, 0.1) is 20.8 Å². The van der Waals surface area contributed by atoms with Gasteiger partial charge >= 0.3 is 0 Å². The van der Waals surface area contributed by atoms with Crippen LogP contribution in [0.25, 0.3) is 16.9 Å². The van der Waals surface area contributed by atoms with Crippen molar-refractivity contribution in [2.45, 2.75) is 58.9 Å². The van der Waals surface area contributed by atoms with Gasteiger partial charge in [0.05, 0.1) is 0 Å². The Bertz CT molecular complexity index is 878. The zero-order valence-electron chi connectivity index (χ0n) is 15.5. The van der Waals surface area contributed by atoms with Crippen molar-refractivity contribution in [1.29, 1.82) is 0 Å². The van der Waals surface area contributed by atoms with Crippen molar-refractivity contribution in [3.8, 4) is 11.3 Å². The van der Waals surface area contributed by atoms with Crippen molar-refractivity contribution in [1.82, 2.24) is 9.38 Å². The largest absolute Gasteiger partial charge is 0.367 e. The standard InChI is InChI=1S/C22H27N3/c1-15-13-16(2)20(17(3)14-15)21-22(23-18-9-5-4-6-10-18)25-12-8-7-11-19(25)24-21/h7-8,11-14,18,23H,4-6,9-10H2,1-3H3. The summed E-state index contributed by atoms with van der Waals surface area (Å²) in [4.78, 5) is 5.00. The highest BCUT2D eigenvalue weighted by molar-refractivity contribution is 5.81. The first-order chi connectivity index (χ1) is 12.1. The van der Waals surface area contributed by atoms with E-state index in [-0.39, 0.29) is 0 Å². The molecule has 1 aliphatic rings. The lowest BCUT2D eigenvalue weighted by molar-refractivity contribution is 0.462. The van der Waals surface area contributed by atoms with Crippen LogP contribution >= 0.6 is 0 Å². The Labute approximate surface area is 150 Å². The third kappa shape index (κ3) is 3.04. The van der Waals surface area contributed by atoms with Gasteiger partial charge in [-0.2, -0.15) is 0 Å². The van der Waals surface area contributed by atoms with Crippen molar-refractivity contribution in [3.05, 3.63) is 53.2 Å². The lowest BCUT2D eigenvalue weighted by atomic mass is 9.94. The number of nitrogens with zero attached hydrogens (tertiary/aromatic N) is 2. The second kappa shape index (κ2) is 6.55. The quantitative estimate of drug-likeness (QED) is 0.669. The number of fused-ring (bicyclic) bond motifs is 1. The molecule has 0 unspecified atom stereocenters. The van der Waals surface area contributed by atoms with Gasteiger partial charge in [0.1, 0.15) is 17.2 Å². The van der Waals surface area contributed by atoms with E-state index in [0.29, 0.717) is 6.04 Å². The minimum absolute atomic E-state index is 0.554. The van der Waals surface area contributed by atoms with Crippen molar-refractivity contribution in [2.24, 2.45) is 0 Å². The Morgan fingerprint density at radius 2 is 1.72 bits per heavy atom. The van der Waals surface area contributed by atoms with E-state index in [2.05, 4.69) is 67.0 Å². The van der Waals surface area contributed by atoms with E-state index in [9.17, 15) is 0 Å². The van der Waals surface area contributed by atoms with Crippen LogP contribution in [0.3, 0.4) is 0 Å². The monoisotopic (exact) mass is 333 g/mol. The Morgan fingerprint density at radius 1 is 1.00 bits per heavy atom. The van der Waals surface area contributed by atoms with E-state index in [1.165, 1.54) is 54.4 Å². The predicted octanol–water partition coefficient (Wildman–Crippen LogP) is 5.67. The van der Waals surface area contributed by atoms with Gasteiger partial charge in [-0.3, -0.25) is 4.40 Å². The fourth-order valence-corrected chi connectivity index (χ4v) is 4.30. The number of nitrogens with one attached hydrogen (secondary N) is 1. The molecule has 25 heavy (non-hydrogen) atoms. The number of hydrogen-bond acceptors (Lipinski definition) is 2. The number of hydrogen-bond donors (Lipinski definition) is 1. The zero-order valence-corrected chi connectivity index (χ0v) is 15.5. The van der Waals surface area contributed by atoms with E-state index in [0.717, 1.165) is 17.2 Å². The van der Waals surface area contributed by atoms with E-state index >= 15 is 0 Å². The van der Waals surface area contributed by atoms with Gasteiger partial charge in [-0.05, 0) is 56.9 Å². The third-order valence-electron chi connectivity index (χ3n) is 5.39. The fourth-order valence-electron chi connectivity index (χ4n) is 4.30. The summed E-state index contributed by atoms with van der Waals surface area (Å²) in [5, 5.41) is 3.84.